The van der Waals surface area contributed by atoms with Gasteiger partial charge in [-0.05, 0) is 31.0 Å². The van der Waals surface area contributed by atoms with Crippen molar-refractivity contribution in [1.82, 2.24) is 0 Å². The quantitative estimate of drug-likeness (QED) is 0.648. The number of nitrogens with one attached hydrogen (secondary N) is 1. The van der Waals surface area contributed by atoms with Crippen LogP contribution in [0.15, 0.2) is 18.2 Å². The SMILES string of the molecule is CCOC(=O)C1Cc2c(Cl)cccc2NC1=O. The van der Waals surface area contributed by atoms with Crippen LogP contribution in [0.5, 0.6) is 0 Å². The van der Waals surface area contributed by atoms with Crippen LogP contribution in [-0.4, -0.2) is 18.5 Å². The summed E-state index contributed by atoms with van der Waals surface area (Å²) in [4.78, 5) is 23.3. The van der Waals surface area contributed by atoms with Gasteiger partial charge in [-0.1, -0.05) is 17.7 Å². The summed E-state index contributed by atoms with van der Waals surface area (Å²) in [5.41, 5.74) is 1.45. The van der Waals surface area contributed by atoms with Crippen molar-refractivity contribution < 1.29 is 14.3 Å². The summed E-state index contributed by atoms with van der Waals surface area (Å²) in [5, 5.41) is 3.22. The normalized spacial score (nSPS) is 18.2. The third-order valence-corrected chi connectivity index (χ3v) is 3.03. The van der Waals surface area contributed by atoms with E-state index in [1.807, 2.05) is 0 Å². The highest BCUT2D eigenvalue weighted by Gasteiger charge is 2.34. The van der Waals surface area contributed by atoms with E-state index < -0.39 is 11.9 Å². The number of rotatable bonds is 2. The van der Waals surface area contributed by atoms with E-state index in [-0.39, 0.29) is 12.5 Å². The first-order chi connectivity index (χ1) is 8.13. The monoisotopic (exact) mass is 253 g/mol. The van der Waals surface area contributed by atoms with Crippen molar-refractivity contribution in [2.24, 2.45) is 5.92 Å². The average molecular weight is 254 g/mol. The van der Waals surface area contributed by atoms with Crippen molar-refractivity contribution in [2.45, 2.75) is 13.3 Å². The maximum absolute atomic E-state index is 11.7. The molecule has 1 N–H and O–H groups in total. The minimum atomic E-state index is -0.803. The Balaban J connectivity index is 2.29. The molecule has 0 aliphatic carbocycles. The Hall–Kier alpha value is -1.55. The molecule has 0 fully saturated rings. The fraction of sp³-hybridized carbons (Fsp3) is 0.333. The highest BCUT2D eigenvalue weighted by Crippen LogP contribution is 2.31. The number of benzene rings is 1. The second kappa shape index (κ2) is 4.75. The van der Waals surface area contributed by atoms with Crippen LogP contribution in [0.3, 0.4) is 0 Å². The fourth-order valence-corrected chi connectivity index (χ4v) is 2.08. The molecule has 17 heavy (non-hydrogen) atoms. The molecule has 0 saturated carbocycles. The summed E-state index contributed by atoms with van der Waals surface area (Å²) in [5.74, 6) is -1.64. The lowest BCUT2D eigenvalue weighted by Gasteiger charge is -2.23. The Morgan fingerprint density at radius 1 is 1.59 bits per heavy atom. The molecule has 0 radical (unpaired) electrons. The molecule has 5 heteroatoms. The van der Waals surface area contributed by atoms with Gasteiger partial charge in [0, 0.05) is 10.7 Å². The van der Waals surface area contributed by atoms with Crippen LogP contribution < -0.4 is 5.32 Å². The van der Waals surface area contributed by atoms with Gasteiger partial charge in [0.2, 0.25) is 5.91 Å². The maximum atomic E-state index is 11.7. The van der Waals surface area contributed by atoms with E-state index in [2.05, 4.69) is 5.32 Å². The number of fused-ring (bicyclic) bond motifs is 1. The van der Waals surface area contributed by atoms with Crippen LogP contribution in [0.1, 0.15) is 12.5 Å². The van der Waals surface area contributed by atoms with Crippen molar-refractivity contribution >= 4 is 29.2 Å². The molecule has 1 unspecified atom stereocenters. The van der Waals surface area contributed by atoms with Gasteiger partial charge in [-0.25, -0.2) is 0 Å². The molecule has 1 aliphatic rings. The number of hydrogen-bond acceptors (Lipinski definition) is 3. The first kappa shape index (κ1) is 11.9. The van der Waals surface area contributed by atoms with E-state index in [0.29, 0.717) is 17.1 Å². The molecule has 1 amide bonds. The van der Waals surface area contributed by atoms with E-state index in [1.54, 1.807) is 25.1 Å². The summed E-state index contributed by atoms with van der Waals surface area (Å²) in [6.45, 7) is 1.97. The largest absolute Gasteiger partial charge is 0.465 e. The smallest absolute Gasteiger partial charge is 0.318 e. The van der Waals surface area contributed by atoms with Crippen LogP contribution in [0.25, 0.3) is 0 Å². The van der Waals surface area contributed by atoms with Crippen molar-refractivity contribution in [3.8, 4) is 0 Å². The molecular formula is C12H12ClNO3. The Morgan fingerprint density at radius 2 is 2.35 bits per heavy atom. The van der Waals surface area contributed by atoms with Gasteiger partial charge in [-0.2, -0.15) is 0 Å². The Morgan fingerprint density at radius 3 is 3.06 bits per heavy atom. The second-order valence-corrected chi connectivity index (χ2v) is 4.17. The van der Waals surface area contributed by atoms with Gasteiger partial charge in [-0.15, -0.1) is 0 Å². The molecule has 4 nitrogen and oxygen atoms in total. The van der Waals surface area contributed by atoms with Crippen LogP contribution in [-0.2, 0) is 20.7 Å². The van der Waals surface area contributed by atoms with Crippen molar-refractivity contribution in [3.05, 3.63) is 28.8 Å². The lowest BCUT2D eigenvalue weighted by Crippen LogP contribution is -2.36. The van der Waals surface area contributed by atoms with E-state index in [9.17, 15) is 9.59 Å². The van der Waals surface area contributed by atoms with Gasteiger partial charge < -0.3 is 10.1 Å². The number of hydrogen-bond donors (Lipinski definition) is 1. The number of ether oxygens (including phenoxy) is 1. The minimum Gasteiger partial charge on any atom is -0.465 e. The molecule has 0 aromatic heterocycles. The molecule has 1 atom stereocenters. The van der Waals surface area contributed by atoms with Crippen LogP contribution >= 0.6 is 11.6 Å². The molecule has 2 rings (SSSR count). The topological polar surface area (TPSA) is 55.4 Å². The predicted molar refractivity (Wildman–Crippen MR) is 63.9 cm³/mol. The van der Waals surface area contributed by atoms with Gasteiger partial charge in [0.15, 0.2) is 0 Å². The molecular weight excluding hydrogens is 242 g/mol. The number of carbonyl (C=O) groups is 2. The van der Waals surface area contributed by atoms with E-state index in [1.165, 1.54) is 0 Å². The highest BCUT2D eigenvalue weighted by atomic mass is 35.5. The number of esters is 1. The zero-order valence-electron chi connectivity index (χ0n) is 9.33. The van der Waals surface area contributed by atoms with Crippen LogP contribution in [0.4, 0.5) is 5.69 Å². The van der Waals surface area contributed by atoms with Crippen molar-refractivity contribution in [3.63, 3.8) is 0 Å². The summed E-state index contributed by atoms with van der Waals surface area (Å²) in [6.07, 6.45) is 0.291. The number of halogens is 1. The molecule has 0 spiro atoms. The van der Waals surface area contributed by atoms with E-state index >= 15 is 0 Å². The van der Waals surface area contributed by atoms with Gasteiger partial charge in [-0.3, -0.25) is 9.59 Å². The first-order valence-corrected chi connectivity index (χ1v) is 5.76. The molecule has 1 heterocycles. The number of carbonyl (C=O) groups excluding carboxylic acids is 2. The van der Waals surface area contributed by atoms with Crippen molar-refractivity contribution in [1.29, 1.82) is 0 Å². The van der Waals surface area contributed by atoms with Gasteiger partial charge in [0.1, 0.15) is 5.92 Å². The molecule has 1 aromatic carbocycles. The third kappa shape index (κ3) is 2.26. The number of anilines is 1. The standard InChI is InChI=1S/C12H12ClNO3/c1-2-17-12(16)8-6-7-9(13)4-3-5-10(7)14-11(8)15/h3-5,8H,2,6H2,1H3,(H,14,15). The minimum absolute atomic E-state index is 0.262. The van der Waals surface area contributed by atoms with Gasteiger partial charge in [0.25, 0.3) is 0 Å². The summed E-state index contributed by atoms with van der Waals surface area (Å²) in [7, 11) is 0. The van der Waals surface area contributed by atoms with E-state index in [4.69, 9.17) is 16.3 Å². The maximum Gasteiger partial charge on any atom is 0.318 e. The predicted octanol–water partition coefficient (Wildman–Crippen LogP) is 2.01. The Bertz CT molecular complexity index is 473. The zero-order chi connectivity index (χ0) is 12.4. The summed E-state index contributed by atoms with van der Waals surface area (Å²) in [6, 6.07) is 5.26. The molecule has 0 saturated heterocycles. The number of amides is 1. The van der Waals surface area contributed by atoms with Crippen molar-refractivity contribution in [2.75, 3.05) is 11.9 Å². The van der Waals surface area contributed by atoms with Crippen LogP contribution in [0, 0.1) is 5.92 Å². The molecule has 0 bridgehead atoms. The lowest BCUT2D eigenvalue weighted by atomic mass is 9.93. The molecule has 1 aromatic rings. The van der Waals surface area contributed by atoms with Gasteiger partial charge in [0.05, 0.1) is 6.61 Å². The summed E-state index contributed by atoms with van der Waals surface area (Å²) >= 11 is 6.03. The molecule has 90 valence electrons. The zero-order valence-corrected chi connectivity index (χ0v) is 10.1. The lowest BCUT2D eigenvalue weighted by molar-refractivity contribution is -0.151. The highest BCUT2D eigenvalue weighted by molar-refractivity contribution is 6.32. The van der Waals surface area contributed by atoms with E-state index in [0.717, 1.165) is 5.56 Å². The molecule has 1 aliphatic heterocycles. The Labute approximate surface area is 104 Å². The average Bonchev–Trinajstić information content (AvgIpc) is 2.29. The third-order valence-electron chi connectivity index (χ3n) is 2.67. The Kier molecular flexibility index (Phi) is 3.33. The van der Waals surface area contributed by atoms with Crippen LogP contribution in [0.2, 0.25) is 5.02 Å². The fourth-order valence-electron chi connectivity index (χ4n) is 1.83. The summed E-state index contributed by atoms with van der Waals surface area (Å²) < 4.78 is 4.86. The van der Waals surface area contributed by atoms with Gasteiger partial charge >= 0.3 is 5.97 Å². The second-order valence-electron chi connectivity index (χ2n) is 3.76. The first-order valence-electron chi connectivity index (χ1n) is 5.38.